The van der Waals surface area contributed by atoms with E-state index in [2.05, 4.69) is 25.5 Å². The van der Waals surface area contributed by atoms with Crippen molar-refractivity contribution in [3.8, 4) is 0 Å². The molecular formula is C24H25N7O2S. The van der Waals surface area contributed by atoms with E-state index in [0.717, 1.165) is 51.9 Å². The number of aryl methyl sites for hydroxylation is 1. The fourth-order valence-electron chi connectivity index (χ4n) is 5.07. The maximum atomic E-state index is 13.2. The van der Waals surface area contributed by atoms with Crippen LogP contribution in [-0.4, -0.2) is 68.0 Å². The van der Waals surface area contributed by atoms with Crippen molar-refractivity contribution in [1.29, 1.82) is 0 Å². The Morgan fingerprint density at radius 2 is 1.97 bits per heavy atom. The molecular weight excluding hydrogens is 450 g/mol. The molecule has 0 radical (unpaired) electrons. The second-order valence-electron chi connectivity index (χ2n) is 8.97. The van der Waals surface area contributed by atoms with Gasteiger partial charge in [0.15, 0.2) is 0 Å². The van der Waals surface area contributed by atoms with Crippen LogP contribution in [-0.2, 0) is 22.4 Å². The van der Waals surface area contributed by atoms with Gasteiger partial charge in [-0.3, -0.25) is 14.7 Å². The highest BCUT2D eigenvalue weighted by molar-refractivity contribution is 7.19. The van der Waals surface area contributed by atoms with E-state index in [1.807, 2.05) is 28.0 Å². The minimum Gasteiger partial charge on any atom is -0.340 e. The van der Waals surface area contributed by atoms with E-state index >= 15 is 0 Å². The molecule has 1 fully saturated rings. The summed E-state index contributed by atoms with van der Waals surface area (Å²) in [7, 11) is 0. The topological polar surface area (TPSA) is 107 Å². The zero-order valence-electron chi connectivity index (χ0n) is 18.9. The van der Waals surface area contributed by atoms with Gasteiger partial charge in [0.1, 0.15) is 17.0 Å². The second kappa shape index (κ2) is 8.35. The van der Waals surface area contributed by atoms with Crippen LogP contribution in [0.2, 0.25) is 0 Å². The number of carbonyl (C=O) groups excluding carboxylic acids is 2. The Labute approximate surface area is 200 Å². The summed E-state index contributed by atoms with van der Waals surface area (Å²) in [4.78, 5) is 39.8. The first-order chi connectivity index (χ1) is 16.6. The molecule has 34 heavy (non-hydrogen) atoms. The van der Waals surface area contributed by atoms with Gasteiger partial charge in [0.2, 0.25) is 11.8 Å². The van der Waals surface area contributed by atoms with Gasteiger partial charge in [-0.15, -0.1) is 11.3 Å². The number of nitrogens with zero attached hydrogens (tertiary/aromatic N) is 5. The first-order valence-corrected chi connectivity index (χ1v) is 12.4. The molecule has 2 amide bonds. The smallest absolute Gasteiger partial charge is 0.226 e. The Hall–Kier alpha value is -3.53. The summed E-state index contributed by atoms with van der Waals surface area (Å²) in [5.74, 6) is 1.08. The fraction of sp³-hybridized carbons (Fsp3) is 0.375. The molecule has 174 valence electrons. The van der Waals surface area contributed by atoms with E-state index in [9.17, 15) is 9.59 Å². The molecule has 10 heteroatoms. The van der Waals surface area contributed by atoms with Crippen LogP contribution in [0, 0.1) is 5.92 Å². The Morgan fingerprint density at radius 1 is 1.15 bits per heavy atom. The summed E-state index contributed by atoms with van der Waals surface area (Å²) in [5, 5.41) is 12.6. The first kappa shape index (κ1) is 21.0. The standard InChI is InChI=1S/C24H25N7O2S/c1-14(32)30-6-8-31(9-7-30)24(33)15-2-4-18-20(11-15)34-23-21(18)22(25-13-26-23)28-17-3-5-19-16(10-17)12-27-29-19/h3,5,10,12-13,15H,2,4,6-9,11H2,1H3,(H,27,29)(H,25,26,28). The molecule has 0 bridgehead atoms. The number of hydrogen-bond donors (Lipinski definition) is 2. The van der Waals surface area contributed by atoms with Crippen molar-refractivity contribution in [2.45, 2.75) is 26.2 Å². The number of H-pyrrole nitrogens is 1. The molecule has 1 aliphatic heterocycles. The van der Waals surface area contributed by atoms with Gasteiger partial charge < -0.3 is 15.1 Å². The molecule has 2 aliphatic rings. The van der Waals surface area contributed by atoms with Crippen LogP contribution in [0.3, 0.4) is 0 Å². The van der Waals surface area contributed by atoms with Crippen LogP contribution in [0.5, 0.6) is 0 Å². The number of nitrogens with one attached hydrogen (secondary N) is 2. The second-order valence-corrected chi connectivity index (χ2v) is 10.1. The number of piperazine rings is 1. The molecule has 1 aromatic carbocycles. The third kappa shape index (κ3) is 3.67. The molecule has 4 aromatic rings. The number of rotatable bonds is 3. The maximum absolute atomic E-state index is 13.2. The normalized spacial score (nSPS) is 18.3. The highest BCUT2D eigenvalue weighted by atomic mass is 32.1. The van der Waals surface area contributed by atoms with E-state index < -0.39 is 0 Å². The van der Waals surface area contributed by atoms with Gasteiger partial charge >= 0.3 is 0 Å². The molecule has 2 N–H and O–H groups in total. The van der Waals surface area contributed by atoms with Crippen molar-refractivity contribution in [3.05, 3.63) is 41.2 Å². The summed E-state index contributed by atoms with van der Waals surface area (Å²) in [5.41, 5.74) is 3.20. The third-order valence-electron chi connectivity index (χ3n) is 6.93. The van der Waals surface area contributed by atoms with Crippen molar-refractivity contribution >= 4 is 55.8 Å². The number of aromatic nitrogens is 4. The molecule has 1 saturated heterocycles. The molecule has 9 nitrogen and oxygen atoms in total. The average Bonchev–Trinajstić information content (AvgIpc) is 3.47. The van der Waals surface area contributed by atoms with Gasteiger partial charge in [-0.2, -0.15) is 5.10 Å². The number of benzene rings is 1. The average molecular weight is 476 g/mol. The van der Waals surface area contributed by atoms with E-state index in [0.29, 0.717) is 26.2 Å². The van der Waals surface area contributed by atoms with E-state index in [-0.39, 0.29) is 17.7 Å². The Bertz CT molecular complexity index is 1400. The zero-order chi connectivity index (χ0) is 23.2. The number of amides is 2. The third-order valence-corrected chi connectivity index (χ3v) is 8.10. The summed E-state index contributed by atoms with van der Waals surface area (Å²) in [6.45, 7) is 4.07. The number of anilines is 2. The van der Waals surface area contributed by atoms with E-state index in [4.69, 9.17) is 0 Å². The molecule has 3 aromatic heterocycles. The molecule has 4 heterocycles. The van der Waals surface area contributed by atoms with Crippen molar-refractivity contribution in [2.24, 2.45) is 5.92 Å². The van der Waals surface area contributed by atoms with Crippen LogP contribution in [0.4, 0.5) is 11.5 Å². The van der Waals surface area contributed by atoms with Crippen LogP contribution in [0.15, 0.2) is 30.7 Å². The number of thiophene rings is 1. The molecule has 0 saturated carbocycles. The minimum atomic E-state index is -0.0164. The highest BCUT2D eigenvalue weighted by Crippen LogP contribution is 2.41. The highest BCUT2D eigenvalue weighted by Gasteiger charge is 2.33. The van der Waals surface area contributed by atoms with Crippen molar-refractivity contribution in [3.63, 3.8) is 0 Å². The largest absolute Gasteiger partial charge is 0.340 e. The molecule has 1 aliphatic carbocycles. The van der Waals surface area contributed by atoms with E-state index in [1.54, 1.807) is 30.8 Å². The SMILES string of the molecule is CC(=O)N1CCN(C(=O)C2CCc3c(sc4ncnc(Nc5ccc6[nH]ncc6c5)c34)C2)CC1. The molecule has 6 rings (SSSR count). The lowest BCUT2D eigenvalue weighted by atomic mass is 9.86. The number of carbonyl (C=O) groups is 2. The number of hydrogen-bond acceptors (Lipinski definition) is 7. The zero-order valence-corrected chi connectivity index (χ0v) is 19.7. The first-order valence-electron chi connectivity index (χ1n) is 11.6. The molecule has 1 unspecified atom stereocenters. The predicted octanol–water partition coefficient (Wildman–Crippen LogP) is 3.11. The lowest BCUT2D eigenvalue weighted by Gasteiger charge is -2.36. The van der Waals surface area contributed by atoms with Gasteiger partial charge in [0.25, 0.3) is 0 Å². The maximum Gasteiger partial charge on any atom is 0.226 e. The lowest BCUT2D eigenvalue weighted by molar-refractivity contribution is -0.141. The van der Waals surface area contributed by atoms with Crippen LogP contribution >= 0.6 is 11.3 Å². The summed E-state index contributed by atoms with van der Waals surface area (Å²) in [6, 6.07) is 6.05. The Balaban J connectivity index is 1.23. The Morgan fingerprint density at radius 3 is 2.79 bits per heavy atom. The van der Waals surface area contributed by atoms with E-state index in [1.165, 1.54) is 10.4 Å². The van der Waals surface area contributed by atoms with Crippen molar-refractivity contribution in [1.82, 2.24) is 30.0 Å². The molecule has 0 spiro atoms. The van der Waals surface area contributed by atoms with Crippen molar-refractivity contribution < 1.29 is 9.59 Å². The lowest BCUT2D eigenvalue weighted by Crippen LogP contribution is -2.51. The number of aromatic amines is 1. The fourth-order valence-corrected chi connectivity index (χ4v) is 6.34. The summed E-state index contributed by atoms with van der Waals surface area (Å²) >= 11 is 1.67. The summed E-state index contributed by atoms with van der Waals surface area (Å²) in [6.07, 6.45) is 5.80. The van der Waals surface area contributed by atoms with Gasteiger partial charge in [-0.25, -0.2) is 9.97 Å². The van der Waals surface area contributed by atoms with Gasteiger partial charge in [-0.05, 0) is 43.0 Å². The van der Waals surface area contributed by atoms with Gasteiger partial charge in [0.05, 0.1) is 17.1 Å². The quantitative estimate of drug-likeness (QED) is 0.472. The van der Waals surface area contributed by atoms with Crippen LogP contribution < -0.4 is 5.32 Å². The monoisotopic (exact) mass is 475 g/mol. The summed E-state index contributed by atoms with van der Waals surface area (Å²) < 4.78 is 0. The molecule has 1 atom stereocenters. The Kier molecular flexibility index (Phi) is 5.17. The minimum absolute atomic E-state index is 0.0164. The van der Waals surface area contributed by atoms with Crippen molar-refractivity contribution in [2.75, 3.05) is 31.5 Å². The van der Waals surface area contributed by atoms with Gasteiger partial charge in [-0.1, -0.05) is 0 Å². The van der Waals surface area contributed by atoms with Gasteiger partial charge in [0, 0.05) is 55.0 Å². The van der Waals surface area contributed by atoms with Crippen LogP contribution in [0.1, 0.15) is 23.8 Å². The number of fused-ring (bicyclic) bond motifs is 4. The van der Waals surface area contributed by atoms with Crippen LogP contribution in [0.25, 0.3) is 21.1 Å². The predicted molar refractivity (Wildman–Crippen MR) is 131 cm³/mol.